The molecule has 1 saturated carbocycles. The molecule has 0 aromatic heterocycles. The van der Waals surface area contributed by atoms with Gasteiger partial charge in [0.1, 0.15) is 5.82 Å². The van der Waals surface area contributed by atoms with E-state index in [4.69, 9.17) is 11.6 Å². The highest BCUT2D eigenvalue weighted by atomic mass is 35.5. The number of rotatable bonds is 2. The molecule has 0 spiro atoms. The van der Waals surface area contributed by atoms with Gasteiger partial charge in [0.25, 0.3) is 0 Å². The van der Waals surface area contributed by atoms with Gasteiger partial charge in [-0.3, -0.25) is 0 Å². The fourth-order valence-electron chi connectivity index (χ4n) is 2.50. The van der Waals surface area contributed by atoms with E-state index in [9.17, 15) is 17.6 Å². The smallest absolute Gasteiger partial charge is 0.380 e. The van der Waals surface area contributed by atoms with Crippen LogP contribution in [-0.2, 0) is 0 Å². The van der Waals surface area contributed by atoms with Gasteiger partial charge in [0.15, 0.2) is 0 Å². The van der Waals surface area contributed by atoms with Crippen LogP contribution in [0.2, 0.25) is 5.02 Å². The normalized spacial score (nSPS) is 24.3. The van der Waals surface area contributed by atoms with Gasteiger partial charge in [-0.15, -0.1) is 0 Å². The van der Waals surface area contributed by atoms with Gasteiger partial charge in [0.2, 0.25) is 0 Å². The number of halogens is 5. The molecule has 0 saturated heterocycles. The van der Waals surface area contributed by atoms with Gasteiger partial charge in [-0.05, 0) is 31.0 Å². The fourth-order valence-corrected chi connectivity index (χ4v) is 2.68. The average molecular weight is 296 g/mol. The van der Waals surface area contributed by atoms with Crippen LogP contribution < -0.4 is 5.32 Å². The first-order chi connectivity index (χ1) is 8.88. The summed E-state index contributed by atoms with van der Waals surface area (Å²) in [7, 11) is 0. The van der Waals surface area contributed by atoms with Crippen LogP contribution in [0.25, 0.3) is 0 Å². The second-order valence-corrected chi connectivity index (χ2v) is 5.21. The van der Waals surface area contributed by atoms with Crippen molar-refractivity contribution in [3.63, 3.8) is 0 Å². The predicted octanol–water partition coefficient (Wildman–Crippen LogP) is 5.01. The van der Waals surface area contributed by atoms with Gasteiger partial charge in [0.05, 0.1) is 16.6 Å². The highest BCUT2D eigenvalue weighted by molar-refractivity contribution is 6.33. The topological polar surface area (TPSA) is 12.0 Å². The minimum atomic E-state index is -4.24. The summed E-state index contributed by atoms with van der Waals surface area (Å²) in [5.41, 5.74) is 0.225. The monoisotopic (exact) mass is 295 g/mol. The van der Waals surface area contributed by atoms with Crippen molar-refractivity contribution in [2.24, 2.45) is 5.92 Å². The molecule has 0 amide bonds. The molecule has 1 nitrogen and oxygen atoms in total. The molecule has 6 heteroatoms. The Morgan fingerprint density at radius 2 is 1.84 bits per heavy atom. The van der Waals surface area contributed by atoms with Crippen molar-refractivity contribution in [1.29, 1.82) is 0 Å². The van der Waals surface area contributed by atoms with Crippen LogP contribution in [0, 0.1) is 11.7 Å². The molecule has 0 aliphatic heterocycles. The minimum absolute atomic E-state index is 0.105. The molecular formula is C13H14ClF4N. The first-order valence-electron chi connectivity index (χ1n) is 6.16. The van der Waals surface area contributed by atoms with E-state index in [0.29, 0.717) is 12.8 Å². The largest absolute Gasteiger partial charge is 0.393 e. The van der Waals surface area contributed by atoms with Gasteiger partial charge in [-0.2, -0.15) is 13.2 Å². The molecule has 1 aromatic rings. The maximum absolute atomic E-state index is 13.1. The van der Waals surface area contributed by atoms with Crippen LogP contribution >= 0.6 is 11.6 Å². The Balaban J connectivity index is 2.17. The zero-order valence-electron chi connectivity index (χ0n) is 10.1. The SMILES string of the molecule is Fc1ccc(Cl)c(NC2CCCCC2C(F)(F)F)c1. The van der Waals surface area contributed by atoms with E-state index in [-0.39, 0.29) is 17.1 Å². The van der Waals surface area contributed by atoms with Gasteiger partial charge in [-0.25, -0.2) is 4.39 Å². The molecule has 1 aromatic carbocycles. The van der Waals surface area contributed by atoms with Crippen molar-refractivity contribution in [3.05, 3.63) is 29.0 Å². The number of hydrogen-bond acceptors (Lipinski definition) is 1. The third-order valence-electron chi connectivity index (χ3n) is 3.46. The van der Waals surface area contributed by atoms with Crippen LogP contribution in [-0.4, -0.2) is 12.2 Å². The van der Waals surface area contributed by atoms with Gasteiger partial charge in [-0.1, -0.05) is 24.4 Å². The van der Waals surface area contributed by atoms with E-state index in [1.54, 1.807) is 0 Å². The zero-order chi connectivity index (χ0) is 14.0. The maximum atomic E-state index is 13.1. The number of nitrogens with one attached hydrogen (secondary N) is 1. The summed E-state index contributed by atoms with van der Waals surface area (Å²) in [6.07, 6.45) is -2.42. The molecular weight excluding hydrogens is 282 g/mol. The molecule has 1 N–H and O–H groups in total. The van der Waals surface area contributed by atoms with Crippen molar-refractivity contribution in [2.75, 3.05) is 5.32 Å². The van der Waals surface area contributed by atoms with Crippen LogP contribution in [0.1, 0.15) is 25.7 Å². The van der Waals surface area contributed by atoms with Crippen LogP contribution in [0.15, 0.2) is 18.2 Å². The number of anilines is 1. The van der Waals surface area contributed by atoms with Gasteiger partial charge < -0.3 is 5.32 Å². The maximum Gasteiger partial charge on any atom is 0.393 e. The molecule has 2 rings (SSSR count). The molecule has 0 radical (unpaired) electrons. The molecule has 106 valence electrons. The molecule has 19 heavy (non-hydrogen) atoms. The standard InChI is InChI=1S/C13H14ClF4N/c14-10-6-5-8(15)7-12(10)19-11-4-2-1-3-9(11)13(16,17)18/h5-7,9,11,19H,1-4H2. The lowest BCUT2D eigenvalue weighted by Gasteiger charge is -2.34. The summed E-state index contributed by atoms with van der Waals surface area (Å²) in [6, 6.07) is 2.90. The molecule has 2 atom stereocenters. The lowest BCUT2D eigenvalue weighted by molar-refractivity contribution is -0.184. The Morgan fingerprint density at radius 3 is 2.53 bits per heavy atom. The summed E-state index contributed by atoms with van der Waals surface area (Å²) in [6.45, 7) is 0. The summed E-state index contributed by atoms with van der Waals surface area (Å²) in [5.74, 6) is -1.92. The van der Waals surface area contributed by atoms with E-state index >= 15 is 0 Å². The Kier molecular flexibility index (Phi) is 4.23. The van der Waals surface area contributed by atoms with E-state index in [1.807, 2.05) is 0 Å². The van der Waals surface area contributed by atoms with Gasteiger partial charge >= 0.3 is 6.18 Å². The van der Waals surface area contributed by atoms with Crippen molar-refractivity contribution in [1.82, 2.24) is 0 Å². The van der Waals surface area contributed by atoms with E-state index in [1.165, 1.54) is 12.1 Å². The Morgan fingerprint density at radius 1 is 1.16 bits per heavy atom. The first kappa shape index (κ1) is 14.4. The van der Waals surface area contributed by atoms with Crippen molar-refractivity contribution in [3.8, 4) is 0 Å². The molecule has 1 aliphatic rings. The van der Waals surface area contributed by atoms with E-state index < -0.39 is 24.0 Å². The summed E-state index contributed by atoms with van der Waals surface area (Å²) >= 11 is 5.87. The predicted molar refractivity (Wildman–Crippen MR) is 66.8 cm³/mol. The third-order valence-corrected chi connectivity index (χ3v) is 3.79. The van der Waals surface area contributed by atoms with E-state index in [0.717, 1.165) is 12.5 Å². The molecule has 0 heterocycles. The molecule has 1 aliphatic carbocycles. The van der Waals surface area contributed by atoms with Gasteiger partial charge in [0, 0.05) is 6.04 Å². The highest BCUT2D eigenvalue weighted by Gasteiger charge is 2.45. The third kappa shape index (κ3) is 3.53. The Bertz CT molecular complexity index is 447. The summed E-state index contributed by atoms with van der Waals surface area (Å²) < 4.78 is 51.9. The van der Waals surface area contributed by atoms with Crippen LogP contribution in [0.4, 0.5) is 23.2 Å². The first-order valence-corrected chi connectivity index (χ1v) is 6.54. The highest BCUT2D eigenvalue weighted by Crippen LogP contribution is 2.39. The Hall–Kier alpha value is -0.970. The number of alkyl halides is 3. The minimum Gasteiger partial charge on any atom is -0.380 e. The van der Waals surface area contributed by atoms with Crippen LogP contribution in [0.3, 0.4) is 0 Å². The summed E-state index contributed by atoms with van der Waals surface area (Å²) in [4.78, 5) is 0. The lowest BCUT2D eigenvalue weighted by atomic mass is 9.84. The number of benzene rings is 1. The molecule has 2 unspecified atom stereocenters. The van der Waals surface area contributed by atoms with Crippen molar-refractivity contribution in [2.45, 2.75) is 37.9 Å². The second kappa shape index (κ2) is 5.57. The average Bonchev–Trinajstić information content (AvgIpc) is 2.33. The zero-order valence-corrected chi connectivity index (χ0v) is 10.9. The molecule has 1 fully saturated rings. The van der Waals surface area contributed by atoms with E-state index in [2.05, 4.69) is 5.32 Å². The summed E-state index contributed by atoms with van der Waals surface area (Å²) in [5, 5.41) is 2.98. The fraction of sp³-hybridized carbons (Fsp3) is 0.538. The Labute approximate surface area is 113 Å². The quantitative estimate of drug-likeness (QED) is 0.756. The lowest BCUT2D eigenvalue weighted by Crippen LogP contribution is -2.41. The van der Waals surface area contributed by atoms with Crippen molar-refractivity contribution < 1.29 is 17.6 Å². The van der Waals surface area contributed by atoms with Crippen LogP contribution in [0.5, 0.6) is 0 Å². The van der Waals surface area contributed by atoms with Crippen molar-refractivity contribution >= 4 is 17.3 Å². The second-order valence-electron chi connectivity index (χ2n) is 4.81. The molecule has 0 bridgehead atoms. The number of hydrogen-bond donors (Lipinski definition) is 1.